The second kappa shape index (κ2) is 14.2. The predicted molar refractivity (Wildman–Crippen MR) is 163 cm³/mol. The van der Waals surface area contributed by atoms with Crippen molar-refractivity contribution >= 4 is 17.7 Å². The van der Waals surface area contributed by atoms with Gasteiger partial charge in [0.05, 0.1) is 30.1 Å². The molecule has 1 aromatic heterocycles. The molecule has 43 heavy (non-hydrogen) atoms. The maximum Gasteiger partial charge on any atom is 0.257 e. The molecule has 1 fully saturated rings. The molecule has 5 rings (SSSR count). The molecule has 3 aromatic rings. The first-order valence-electron chi connectivity index (χ1n) is 15.3. The van der Waals surface area contributed by atoms with Crippen molar-refractivity contribution in [2.24, 2.45) is 0 Å². The van der Waals surface area contributed by atoms with E-state index in [4.69, 9.17) is 4.74 Å². The van der Waals surface area contributed by atoms with Crippen LogP contribution in [0.15, 0.2) is 42.6 Å². The van der Waals surface area contributed by atoms with Crippen LogP contribution < -0.4 is 15.4 Å². The third-order valence-corrected chi connectivity index (χ3v) is 8.47. The number of ether oxygens (including phenoxy) is 1. The second-order valence-corrected chi connectivity index (χ2v) is 11.4. The summed E-state index contributed by atoms with van der Waals surface area (Å²) >= 11 is 0. The maximum absolute atomic E-state index is 13.8. The van der Waals surface area contributed by atoms with Crippen LogP contribution in [0.3, 0.4) is 0 Å². The largest absolute Gasteiger partial charge is 0.507 e. The Labute approximate surface area is 252 Å². The highest BCUT2D eigenvalue weighted by molar-refractivity contribution is 5.98. The first kappa shape index (κ1) is 30.1. The van der Waals surface area contributed by atoms with E-state index >= 15 is 0 Å². The predicted octanol–water partition coefficient (Wildman–Crippen LogP) is 4.55. The molecule has 1 aliphatic carbocycles. The smallest absolute Gasteiger partial charge is 0.257 e. The lowest BCUT2D eigenvalue weighted by atomic mass is 9.85. The van der Waals surface area contributed by atoms with Crippen LogP contribution >= 0.6 is 0 Å². The van der Waals surface area contributed by atoms with Crippen LogP contribution in [-0.2, 0) is 11.2 Å². The van der Waals surface area contributed by atoms with Gasteiger partial charge in [0.25, 0.3) is 11.8 Å². The number of hydrogen-bond acceptors (Lipinski definition) is 6. The molecule has 0 radical (unpaired) electrons. The van der Waals surface area contributed by atoms with Gasteiger partial charge < -0.3 is 25.4 Å². The monoisotopic (exact) mass is 587 g/mol. The summed E-state index contributed by atoms with van der Waals surface area (Å²) < 4.78 is 5.47. The van der Waals surface area contributed by atoms with Gasteiger partial charge in [0, 0.05) is 44.1 Å². The van der Waals surface area contributed by atoms with Crippen LogP contribution in [0.2, 0.25) is 0 Å². The lowest BCUT2D eigenvalue weighted by Crippen LogP contribution is -2.36. The quantitative estimate of drug-likeness (QED) is 0.355. The van der Waals surface area contributed by atoms with Crippen molar-refractivity contribution in [3.63, 3.8) is 0 Å². The number of phenols is 1. The average Bonchev–Trinajstić information content (AvgIpc) is 3.52. The molecule has 0 saturated heterocycles. The van der Waals surface area contributed by atoms with E-state index in [1.165, 1.54) is 13.5 Å². The van der Waals surface area contributed by atoms with Crippen LogP contribution in [0, 0.1) is 0 Å². The molecule has 4 bridgehead atoms. The van der Waals surface area contributed by atoms with Gasteiger partial charge in [-0.25, -0.2) is 0 Å². The highest BCUT2D eigenvalue weighted by Gasteiger charge is 2.26. The number of amides is 3. The number of aromatic hydroxyl groups is 1. The fourth-order valence-corrected chi connectivity index (χ4v) is 6.11. The summed E-state index contributed by atoms with van der Waals surface area (Å²) in [5.74, 6) is 0.372. The highest BCUT2D eigenvalue weighted by atomic mass is 16.5. The molecule has 1 saturated carbocycles. The molecule has 0 spiro atoms. The zero-order chi connectivity index (χ0) is 30.2. The van der Waals surface area contributed by atoms with Gasteiger partial charge in [0.15, 0.2) is 0 Å². The molecule has 2 aromatic carbocycles. The van der Waals surface area contributed by atoms with Gasteiger partial charge in [-0.15, -0.1) is 0 Å². The highest BCUT2D eigenvalue weighted by Crippen LogP contribution is 2.34. The van der Waals surface area contributed by atoms with Crippen LogP contribution in [0.25, 0.3) is 11.1 Å². The van der Waals surface area contributed by atoms with Crippen molar-refractivity contribution in [3.8, 4) is 22.6 Å². The molecular weight excluding hydrogens is 546 g/mol. The van der Waals surface area contributed by atoms with Crippen LogP contribution in [0.1, 0.15) is 89.3 Å². The zero-order valence-corrected chi connectivity index (χ0v) is 24.8. The summed E-state index contributed by atoms with van der Waals surface area (Å²) in [6.07, 6.45) is 9.17. The average molecular weight is 588 g/mol. The number of methoxy groups -OCH3 is 1. The number of carbonyl (C=O) groups is 3. The minimum Gasteiger partial charge on any atom is -0.507 e. The summed E-state index contributed by atoms with van der Waals surface area (Å²) in [4.78, 5) is 41.5. The van der Waals surface area contributed by atoms with Gasteiger partial charge in [0.2, 0.25) is 5.91 Å². The number of rotatable bonds is 3. The Bertz CT molecular complexity index is 1450. The first-order chi connectivity index (χ1) is 20.9. The minimum absolute atomic E-state index is 0.0671. The van der Waals surface area contributed by atoms with Gasteiger partial charge in [-0.05, 0) is 67.5 Å². The Morgan fingerprint density at radius 1 is 0.930 bits per heavy atom. The van der Waals surface area contributed by atoms with E-state index in [1.54, 1.807) is 35.4 Å². The Morgan fingerprint density at radius 3 is 2.56 bits per heavy atom. The number of hydrogen-bond donors (Lipinski definition) is 4. The molecule has 0 atom stereocenters. The Morgan fingerprint density at radius 2 is 1.74 bits per heavy atom. The molecule has 10 heteroatoms. The summed E-state index contributed by atoms with van der Waals surface area (Å²) in [7, 11) is 1.51. The number of aromatic amines is 1. The number of benzene rings is 2. The van der Waals surface area contributed by atoms with E-state index in [1.807, 2.05) is 12.1 Å². The van der Waals surface area contributed by atoms with Crippen LogP contribution in [0.5, 0.6) is 11.5 Å². The van der Waals surface area contributed by atoms with Crippen LogP contribution in [0.4, 0.5) is 0 Å². The van der Waals surface area contributed by atoms with E-state index in [2.05, 4.69) is 20.8 Å². The zero-order valence-electron chi connectivity index (χ0n) is 24.8. The summed E-state index contributed by atoms with van der Waals surface area (Å²) in [6, 6.07) is 10.6. The Kier molecular flexibility index (Phi) is 9.96. The van der Waals surface area contributed by atoms with Gasteiger partial charge in [-0.3, -0.25) is 19.5 Å². The van der Waals surface area contributed by atoms with Crippen molar-refractivity contribution in [2.45, 2.75) is 63.7 Å². The lowest BCUT2D eigenvalue weighted by Gasteiger charge is -2.25. The van der Waals surface area contributed by atoms with Crippen molar-refractivity contribution < 1.29 is 24.2 Å². The number of nitrogens with zero attached hydrogens (tertiary/aromatic N) is 2. The van der Waals surface area contributed by atoms with E-state index in [9.17, 15) is 19.5 Å². The topological polar surface area (TPSA) is 137 Å². The van der Waals surface area contributed by atoms with E-state index in [0.29, 0.717) is 85.8 Å². The number of aromatic nitrogens is 2. The Balaban J connectivity index is 1.36. The van der Waals surface area contributed by atoms with Crippen molar-refractivity contribution in [1.29, 1.82) is 0 Å². The fraction of sp³-hybridized carbons (Fsp3) is 0.455. The third-order valence-electron chi connectivity index (χ3n) is 8.47. The summed E-state index contributed by atoms with van der Waals surface area (Å²) in [5, 5.41) is 23.9. The van der Waals surface area contributed by atoms with Gasteiger partial charge in [-0.1, -0.05) is 31.4 Å². The molecule has 2 heterocycles. The Hall–Kier alpha value is -4.34. The molecule has 10 nitrogen and oxygen atoms in total. The maximum atomic E-state index is 13.8. The summed E-state index contributed by atoms with van der Waals surface area (Å²) in [5.41, 5.74) is 4.09. The lowest BCUT2D eigenvalue weighted by molar-refractivity contribution is -0.121. The van der Waals surface area contributed by atoms with Crippen LogP contribution in [-0.4, -0.2) is 71.2 Å². The van der Waals surface area contributed by atoms with E-state index < -0.39 is 0 Å². The number of fused-ring (bicyclic) bond motifs is 5. The number of H-pyrrole nitrogens is 1. The van der Waals surface area contributed by atoms with Gasteiger partial charge in [0.1, 0.15) is 11.5 Å². The fourth-order valence-electron chi connectivity index (χ4n) is 6.11. The number of phenolic OH excluding ortho intramolecular Hbond substituents is 1. The molecule has 4 N–H and O–H groups in total. The van der Waals surface area contributed by atoms with Crippen molar-refractivity contribution in [2.75, 3.05) is 33.3 Å². The second-order valence-electron chi connectivity index (χ2n) is 11.4. The standard InChI is InChI=1S/C33H41N5O5/c1-43-29-13-11-24-20-26(29)32(41)35-15-6-18-38(33(42)27-21-36-37-31(27)23-7-3-2-4-8-23)17-5-9-30(40)34-16-14-22-10-12-28(39)25(24)19-22/h10-13,19-21,23,39H,2-9,14-18H2,1H3,(H,34,40)(H,35,41)(H,36,37). The van der Waals surface area contributed by atoms with E-state index in [0.717, 1.165) is 36.9 Å². The van der Waals surface area contributed by atoms with E-state index in [-0.39, 0.29) is 23.5 Å². The normalized spacial score (nSPS) is 17.7. The third kappa shape index (κ3) is 7.36. The van der Waals surface area contributed by atoms with Crippen molar-refractivity contribution in [3.05, 3.63) is 65.0 Å². The molecular formula is C33H41N5O5. The van der Waals surface area contributed by atoms with Gasteiger partial charge in [-0.2, -0.15) is 5.10 Å². The summed E-state index contributed by atoms with van der Waals surface area (Å²) in [6.45, 7) is 1.64. The first-order valence-corrected chi connectivity index (χ1v) is 15.3. The molecule has 228 valence electrons. The SMILES string of the molecule is COc1ccc2cc1C(=O)NCCCN(C(=O)c1cn[nH]c1C1CCCCC1)CCCC(=O)NCCc1ccc(O)c-2c1. The molecule has 0 unspecified atom stereocenters. The molecule has 3 amide bonds. The molecule has 1 aliphatic heterocycles. The number of nitrogens with one attached hydrogen (secondary N) is 3. The molecule has 2 aliphatic rings. The number of carbonyl (C=O) groups excluding carboxylic acids is 3. The van der Waals surface area contributed by atoms with Gasteiger partial charge >= 0.3 is 0 Å². The minimum atomic E-state index is -0.297. The van der Waals surface area contributed by atoms with Crippen molar-refractivity contribution in [1.82, 2.24) is 25.7 Å².